The van der Waals surface area contributed by atoms with Gasteiger partial charge in [0.2, 0.25) is 5.91 Å². The number of aromatic nitrogens is 1. The molecule has 0 aliphatic carbocycles. The Hall–Kier alpha value is -1.68. The molecule has 21 heavy (non-hydrogen) atoms. The van der Waals surface area contributed by atoms with Gasteiger partial charge in [0.1, 0.15) is 0 Å². The first-order valence-corrected chi connectivity index (χ1v) is 8.33. The van der Waals surface area contributed by atoms with E-state index in [1.54, 1.807) is 11.3 Å². The van der Waals surface area contributed by atoms with Crippen LogP contribution in [0.5, 0.6) is 0 Å². The minimum atomic E-state index is 0.252. The Morgan fingerprint density at radius 3 is 2.76 bits per heavy atom. The van der Waals surface area contributed by atoms with Crippen molar-refractivity contribution >= 4 is 17.2 Å². The Morgan fingerprint density at radius 2 is 2.10 bits per heavy atom. The van der Waals surface area contributed by atoms with Crippen molar-refractivity contribution in [1.29, 1.82) is 0 Å². The monoisotopic (exact) mass is 300 g/mol. The van der Waals surface area contributed by atoms with E-state index in [1.807, 2.05) is 28.6 Å². The van der Waals surface area contributed by atoms with Gasteiger partial charge >= 0.3 is 0 Å². The third-order valence-electron chi connectivity index (χ3n) is 4.25. The third-order valence-corrected chi connectivity index (χ3v) is 5.19. The van der Waals surface area contributed by atoms with Crippen LogP contribution in [-0.2, 0) is 11.2 Å². The van der Waals surface area contributed by atoms with Crippen LogP contribution in [0.3, 0.4) is 0 Å². The van der Waals surface area contributed by atoms with Gasteiger partial charge in [0.05, 0.1) is 11.4 Å². The van der Waals surface area contributed by atoms with E-state index in [1.165, 1.54) is 10.6 Å². The summed E-state index contributed by atoms with van der Waals surface area (Å²) in [7, 11) is 0. The Morgan fingerprint density at radius 1 is 1.33 bits per heavy atom. The van der Waals surface area contributed by atoms with E-state index in [4.69, 9.17) is 0 Å². The van der Waals surface area contributed by atoms with Gasteiger partial charge in [-0.05, 0) is 30.9 Å². The zero-order chi connectivity index (χ0) is 14.7. The van der Waals surface area contributed by atoms with Crippen molar-refractivity contribution in [3.05, 3.63) is 52.0 Å². The van der Waals surface area contributed by atoms with E-state index in [2.05, 4.69) is 24.0 Å². The van der Waals surface area contributed by atoms with E-state index in [-0.39, 0.29) is 5.91 Å². The zero-order valence-electron chi connectivity index (χ0n) is 12.3. The molecule has 1 aliphatic rings. The summed E-state index contributed by atoms with van der Waals surface area (Å²) >= 11 is 1.73. The van der Waals surface area contributed by atoms with Crippen LogP contribution in [0, 0.1) is 6.92 Å². The number of benzene rings is 1. The number of aryl methyl sites for hydroxylation is 1. The minimum Gasteiger partial charge on any atom is -0.342 e. The van der Waals surface area contributed by atoms with Gasteiger partial charge < -0.3 is 4.90 Å². The van der Waals surface area contributed by atoms with Crippen LogP contribution in [0.25, 0.3) is 0 Å². The highest BCUT2D eigenvalue weighted by atomic mass is 32.1. The number of amides is 1. The summed E-state index contributed by atoms with van der Waals surface area (Å²) in [6, 6.07) is 8.14. The molecule has 1 fully saturated rings. The first-order valence-electron chi connectivity index (χ1n) is 7.45. The average Bonchev–Trinajstić information content (AvgIpc) is 3.04. The molecule has 0 radical (unpaired) electrons. The van der Waals surface area contributed by atoms with Crippen LogP contribution in [0.4, 0.5) is 0 Å². The molecule has 1 amide bonds. The molecule has 0 unspecified atom stereocenters. The minimum absolute atomic E-state index is 0.252. The first-order chi connectivity index (χ1) is 10.2. The molecule has 3 nitrogen and oxygen atoms in total. The molecule has 1 aromatic heterocycles. The molecule has 1 aromatic carbocycles. The maximum absolute atomic E-state index is 12.4. The average molecular weight is 300 g/mol. The second-order valence-corrected chi connectivity index (χ2v) is 6.55. The lowest BCUT2D eigenvalue weighted by molar-refractivity contribution is -0.131. The largest absolute Gasteiger partial charge is 0.342 e. The van der Waals surface area contributed by atoms with Gasteiger partial charge in [0.25, 0.3) is 0 Å². The van der Waals surface area contributed by atoms with Gasteiger partial charge in [-0.2, -0.15) is 0 Å². The Balaban J connectivity index is 1.57. The smallest absolute Gasteiger partial charge is 0.226 e. The third kappa shape index (κ3) is 3.32. The number of likely N-dealkylation sites (tertiary alicyclic amines) is 1. The lowest BCUT2D eigenvalue weighted by Crippen LogP contribution is -2.38. The molecule has 1 saturated heterocycles. The molecule has 3 rings (SSSR count). The summed E-state index contributed by atoms with van der Waals surface area (Å²) in [5.41, 5.74) is 2.34. The van der Waals surface area contributed by atoms with Crippen LogP contribution < -0.4 is 0 Å². The van der Waals surface area contributed by atoms with Gasteiger partial charge in [-0.25, -0.2) is 4.98 Å². The molecule has 0 atom stereocenters. The highest BCUT2D eigenvalue weighted by molar-refractivity contribution is 7.09. The van der Waals surface area contributed by atoms with Gasteiger partial charge in [-0.3, -0.25) is 4.79 Å². The fourth-order valence-corrected chi connectivity index (χ4v) is 3.71. The van der Waals surface area contributed by atoms with Crippen molar-refractivity contribution in [2.45, 2.75) is 32.1 Å². The summed E-state index contributed by atoms with van der Waals surface area (Å²) in [5, 5.41) is 3.26. The Bertz CT molecular complexity index is 601. The van der Waals surface area contributed by atoms with Crippen LogP contribution in [0.1, 0.15) is 34.9 Å². The fourth-order valence-electron chi connectivity index (χ4n) is 2.90. The zero-order valence-corrected chi connectivity index (χ0v) is 13.1. The van der Waals surface area contributed by atoms with Crippen molar-refractivity contribution in [3.63, 3.8) is 0 Å². The summed E-state index contributed by atoms with van der Waals surface area (Å²) in [5.74, 6) is 0.786. The Kier molecular flexibility index (Phi) is 4.34. The molecular formula is C17H20N2OS. The van der Waals surface area contributed by atoms with Crippen molar-refractivity contribution in [2.75, 3.05) is 13.1 Å². The van der Waals surface area contributed by atoms with Crippen LogP contribution in [-0.4, -0.2) is 28.9 Å². The highest BCUT2D eigenvalue weighted by Crippen LogP contribution is 2.29. The molecule has 110 valence electrons. The van der Waals surface area contributed by atoms with E-state index < -0.39 is 0 Å². The molecule has 2 aromatic rings. The van der Waals surface area contributed by atoms with Gasteiger partial charge in [0.15, 0.2) is 0 Å². The lowest BCUT2D eigenvalue weighted by atomic mass is 9.96. The number of carbonyl (C=O) groups is 1. The SMILES string of the molecule is Cc1ccccc1CC(=O)N1CCC(c2nccs2)CC1. The van der Waals surface area contributed by atoms with E-state index in [0.29, 0.717) is 12.3 Å². The summed E-state index contributed by atoms with van der Waals surface area (Å²) < 4.78 is 0. The van der Waals surface area contributed by atoms with Crippen molar-refractivity contribution in [1.82, 2.24) is 9.88 Å². The second-order valence-electron chi connectivity index (χ2n) is 5.63. The summed E-state index contributed by atoms with van der Waals surface area (Å²) in [4.78, 5) is 18.8. The first kappa shape index (κ1) is 14.3. The number of carbonyl (C=O) groups excluding carboxylic acids is 1. The van der Waals surface area contributed by atoms with Gasteiger partial charge in [-0.1, -0.05) is 24.3 Å². The second kappa shape index (κ2) is 6.39. The molecule has 0 saturated carbocycles. The molecular weight excluding hydrogens is 280 g/mol. The van der Waals surface area contributed by atoms with Crippen LogP contribution in [0.2, 0.25) is 0 Å². The highest BCUT2D eigenvalue weighted by Gasteiger charge is 2.25. The number of thiazole rings is 1. The maximum Gasteiger partial charge on any atom is 0.226 e. The predicted octanol–water partition coefficient (Wildman–Crippen LogP) is 3.40. The number of hydrogen-bond acceptors (Lipinski definition) is 3. The Labute approximate surface area is 129 Å². The normalized spacial score (nSPS) is 16.1. The van der Waals surface area contributed by atoms with E-state index in [0.717, 1.165) is 31.5 Å². The van der Waals surface area contributed by atoms with Gasteiger partial charge in [-0.15, -0.1) is 11.3 Å². The van der Waals surface area contributed by atoms with E-state index >= 15 is 0 Å². The molecule has 0 bridgehead atoms. The number of rotatable bonds is 3. The molecule has 1 aliphatic heterocycles. The van der Waals surface area contributed by atoms with Crippen LogP contribution in [0.15, 0.2) is 35.8 Å². The lowest BCUT2D eigenvalue weighted by Gasteiger charge is -2.31. The summed E-state index contributed by atoms with van der Waals surface area (Å²) in [6.45, 7) is 3.78. The molecule has 0 N–H and O–H groups in total. The van der Waals surface area contributed by atoms with Crippen molar-refractivity contribution in [2.24, 2.45) is 0 Å². The number of hydrogen-bond donors (Lipinski definition) is 0. The van der Waals surface area contributed by atoms with Crippen LogP contribution >= 0.6 is 11.3 Å². The van der Waals surface area contributed by atoms with Gasteiger partial charge in [0, 0.05) is 30.6 Å². The topological polar surface area (TPSA) is 33.2 Å². The quantitative estimate of drug-likeness (QED) is 0.870. The number of piperidine rings is 1. The predicted molar refractivity (Wildman–Crippen MR) is 85.6 cm³/mol. The fraction of sp³-hybridized carbons (Fsp3) is 0.412. The van der Waals surface area contributed by atoms with Crippen molar-refractivity contribution < 1.29 is 4.79 Å². The molecule has 0 spiro atoms. The van der Waals surface area contributed by atoms with Crippen molar-refractivity contribution in [3.8, 4) is 0 Å². The van der Waals surface area contributed by atoms with E-state index in [9.17, 15) is 4.79 Å². The standard InChI is InChI=1S/C17H20N2OS/c1-13-4-2-3-5-15(13)12-16(20)19-9-6-14(7-10-19)17-18-8-11-21-17/h2-5,8,11,14H,6-7,9-10,12H2,1H3. The molecule has 2 heterocycles. The summed E-state index contributed by atoms with van der Waals surface area (Å²) in [6.07, 6.45) is 4.46. The molecule has 4 heteroatoms. The number of nitrogens with zero attached hydrogens (tertiary/aromatic N) is 2. The maximum atomic E-state index is 12.4.